The Bertz CT molecular complexity index is 1820. The maximum Gasteiger partial charge on any atom is 0.145 e. The molecule has 0 saturated heterocycles. The fourth-order valence-electron chi connectivity index (χ4n) is 5.50. The summed E-state index contributed by atoms with van der Waals surface area (Å²) in [5, 5.41) is 5.19. The summed E-state index contributed by atoms with van der Waals surface area (Å²) in [6, 6.07) is 45.2. The van der Waals surface area contributed by atoms with Crippen molar-refractivity contribution in [1.29, 1.82) is 0 Å². The molecule has 6 aromatic carbocycles. The van der Waals surface area contributed by atoms with E-state index < -0.39 is 0 Å². The van der Waals surface area contributed by atoms with E-state index in [9.17, 15) is 0 Å². The van der Waals surface area contributed by atoms with Gasteiger partial charge in [0.1, 0.15) is 5.82 Å². The molecule has 0 atom stereocenters. The van der Waals surface area contributed by atoms with E-state index in [1.165, 1.54) is 38.2 Å². The molecule has 2 heteroatoms. The Balaban J connectivity index is 1.44. The second-order valence-corrected chi connectivity index (χ2v) is 9.26. The van der Waals surface area contributed by atoms with Gasteiger partial charge in [-0.3, -0.25) is 4.57 Å². The predicted octanol–water partition coefficient (Wildman–Crippen LogP) is 8.97. The zero-order valence-electron chi connectivity index (χ0n) is 20.0. The Morgan fingerprint density at radius 3 is 1.69 bits per heavy atom. The van der Waals surface area contributed by atoms with E-state index >= 15 is 0 Å². The highest BCUT2D eigenvalue weighted by Gasteiger charge is 2.16. The van der Waals surface area contributed by atoms with Crippen LogP contribution in [0.4, 0.5) is 0 Å². The number of imidazole rings is 1. The van der Waals surface area contributed by atoms with Crippen LogP contribution in [0.5, 0.6) is 0 Å². The van der Waals surface area contributed by atoms with E-state index in [0.29, 0.717) is 0 Å². The fourth-order valence-corrected chi connectivity index (χ4v) is 5.50. The van der Waals surface area contributed by atoms with E-state index in [4.69, 9.17) is 4.98 Å². The average molecular weight is 461 g/mol. The first-order chi connectivity index (χ1) is 17.8. The van der Waals surface area contributed by atoms with Gasteiger partial charge in [0.15, 0.2) is 0 Å². The van der Waals surface area contributed by atoms with Crippen LogP contribution in [0.1, 0.15) is 5.56 Å². The van der Waals surface area contributed by atoms with E-state index in [1.54, 1.807) is 0 Å². The lowest BCUT2D eigenvalue weighted by atomic mass is 9.89. The zero-order chi connectivity index (χ0) is 24.1. The van der Waals surface area contributed by atoms with E-state index in [2.05, 4.69) is 127 Å². The number of hydrogen-bond donors (Lipinski definition) is 0. The fraction of sp³-hybridized carbons (Fsp3) is 0.0294. The summed E-state index contributed by atoms with van der Waals surface area (Å²) in [4.78, 5) is 5.04. The molecular weight excluding hydrogens is 436 g/mol. The van der Waals surface area contributed by atoms with E-state index in [0.717, 1.165) is 28.1 Å². The van der Waals surface area contributed by atoms with E-state index in [1.807, 2.05) is 12.1 Å². The molecule has 1 heterocycles. The van der Waals surface area contributed by atoms with Crippen molar-refractivity contribution in [2.75, 3.05) is 0 Å². The number of para-hydroxylation sites is 3. The van der Waals surface area contributed by atoms with Gasteiger partial charge in [-0.1, -0.05) is 103 Å². The lowest BCUT2D eigenvalue weighted by molar-refractivity contribution is 1.10. The molecular formula is C34H24N2. The van der Waals surface area contributed by atoms with Crippen LogP contribution in [0, 0.1) is 6.92 Å². The third-order valence-corrected chi connectivity index (χ3v) is 7.21. The van der Waals surface area contributed by atoms with Gasteiger partial charge in [0, 0.05) is 11.3 Å². The Morgan fingerprint density at radius 1 is 0.500 bits per heavy atom. The van der Waals surface area contributed by atoms with Gasteiger partial charge in [0.2, 0.25) is 0 Å². The Labute approximate surface area is 210 Å². The highest BCUT2D eigenvalue weighted by Crippen LogP contribution is 2.39. The molecule has 0 unspecified atom stereocenters. The van der Waals surface area contributed by atoms with Gasteiger partial charge in [0.25, 0.3) is 0 Å². The third-order valence-electron chi connectivity index (χ3n) is 7.21. The van der Waals surface area contributed by atoms with Crippen LogP contribution >= 0.6 is 0 Å². The Morgan fingerprint density at radius 2 is 1.03 bits per heavy atom. The van der Waals surface area contributed by atoms with Crippen LogP contribution in [-0.4, -0.2) is 9.55 Å². The quantitative estimate of drug-likeness (QED) is 0.241. The summed E-state index contributed by atoms with van der Waals surface area (Å²) in [6.07, 6.45) is 0. The van der Waals surface area contributed by atoms with Gasteiger partial charge in [-0.2, -0.15) is 0 Å². The Kier molecular flexibility index (Phi) is 4.71. The van der Waals surface area contributed by atoms with Crippen LogP contribution in [0.25, 0.3) is 60.8 Å². The average Bonchev–Trinajstić information content (AvgIpc) is 3.34. The van der Waals surface area contributed by atoms with Crippen LogP contribution in [0.3, 0.4) is 0 Å². The molecule has 1 aromatic heterocycles. The molecule has 0 amide bonds. The first-order valence-corrected chi connectivity index (χ1v) is 12.3. The van der Waals surface area contributed by atoms with Crippen molar-refractivity contribution in [3.05, 3.63) is 133 Å². The first-order valence-electron chi connectivity index (χ1n) is 12.3. The molecule has 170 valence electrons. The SMILES string of the molecule is Cc1c2ccccc2c(-c2ccc(-c3nc4ccccc4n3-c3ccccc3)cc2)c2ccccc12. The lowest BCUT2D eigenvalue weighted by Gasteiger charge is -2.15. The van der Waals surface area contributed by atoms with Crippen molar-refractivity contribution in [2.24, 2.45) is 0 Å². The Hall–Kier alpha value is -4.69. The number of benzene rings is 6. The molecule has 7 rings (SSSR count). The largest absolute Gasteiger partial charge is 0.292 e. The normalized spacial score (nSPS) is 11.5. The van der Waals surface area contributed by atoms with Gasteiger partial charge < -0.3 is 0 Å². The molecule has 0 spiro atoms. The summed E-state index contributed by atoms with van der Waals surface area (Å²) in [5.74, 6) is 0.951. The van der Waals surface area contributed by atoms with Gasteiger partial charge in [-0.05, 0) is 69.4 Å². The van der Waals surface area contributed by atoms with Crippen molar-refractivity contribution in [3.8, 4) is 28.2 Å². The minimum absolute atomic E-state index is 0.951. The van der Waals surface area contributed by atoms with Crippen LogP contribution in [0.2, 0.25) is 0 Å². The third kappa shape index (κ3) is 3.15. The first kappa shape index (κ1) is 20.7. The standard InChI is InChI=1S/C34H24N2/c1-23-27-13-5-7-15-29(27)33(30-16-8-6-14-28(23)30)24-19-21-25(22-20-24)34-35-31-17-9-10-18-32(31)36(34)26-11-3-2-4-12-26/h2-22H,1H3. The van der Waals surface area contributed by atoms with Crippen LogP contribution in [0.15, 0.2) is 127 Å². The minimum atomic E-state index is 0.951. The molecule has 0 radical (unpaired) electrons. The molecule has 0 aliphatic heterocycles. The second kappa shape index (κ2) is 8.21. The molecule has 2 nitrogen and oxygen atoms in total. The molecule has 0 aliphatic rings. The molecule has 0 saturated carbocycles. The number of nitrogens with zero attached hydrogens (tertiary/aromatic N) is 2. The van der Waals surface area contributed by atoms with Crippen molar-refractivity contribution in [1.82, 2.24) is 9.55 Å². The lowest BCUT2D eigenvalue weighted by Crippen LogP contribution is -1.97. The number of hydrogen-bond acceptors (Lipinski definition) is 1. The molecule has 0 aliphatic carbocycles. The molecule has 7 aromatic rings. The smallest absolute Gasteiger partial charge is 0.145 e. The summed E-state index contributed by atoms with van der Waals surface area (Å²) >= 11 is 0. The summed E-state index contributed by atoms with van der Waals surface area (Å²) in [7, 11) is 0. The van der Waals surface area contributed by atoms with Gasteiger partial charge in [-0.15, -0.1) is 0 Å². The molecule has 0 fully saturated rings. The van der Waals surface area contributed by atoms with Gasteiger partial charge >= 0.3 is 0 Å². The van der Waals surface area contributed by atoms with Crippen LogP contribution < -0.4 is 0 Å². The maximum atomic E-state index is 5.04. The summed E-state index contributed by atoms with van der Waals surface area (Å²) in [5.41, 5.74) is 8.15. The zero-order valence-corrected chi connectivity index (χ0v) is 20.0. The number of aromatic nitrogens is 2. The monoisotopic (exact) mass is 460 g/mol. The number of rotatable bonds is 3. The van der Waals surface area contributed by atoms with Crippen LogP contribution in [-0.2, 0) is 0 Å². The second-order valence-electron chi connectivity index (χ2n) is 9.26. The predicted molar refractivity (Wildman–Crippen MR) is 152 cm³/mol. The van der Waals surface area contributed by atoms with Crippen molar-refractivity contribution >= 4 is 32.6 Å². The topological polar surface area (TPSA) is 17.8 Å². The van der Waals surface area contributed by atoms with E-state index in [-0.39, 0.29) is 0 Å². The van der Waals surface area contributed by atoms with Crippen molar-refractivity contribution < 1.29 is 0 Å². The van der Waals surface area contributed by atoms with Crippen molar-refractivity contribution in [2.45, 2.75) is 6.92 Å². The molecule has 0 bridgehead atoms. The summed E-state index contributed by atoms with van der Waals surface area (Å²) < 4.78 is 2.25. The molecule has 36 heavy (non-hydrogen) atoms. The maximum absolute atomic E-state index is 5.04. The highest BCUT2D eigenvalue weighted by molar-refractivity contribution is 6.14. The highest BCUT2D eigenvalue weighted by atomic mass is 15.1. The summed E-state index contributed by atoms with van der Waals surface area (Å²) in [6.45, 7) is 2.23. The number of fused-ring (bicyclic) bond motifs is 3. The van der Waals surface area contributed by atoms with Crippen molar-refractivity contribution in [3.63, 3.8) is 0 Å². The van der Waals surface area contributed by atoms with Gasteiger partial charge in [-0.25, -0.2) is 4.98 Å². The van der Waals surface area contributed by atoms with Gasteiger partial charge in [0.05, 0.1) is 11.0 Å². The minimum Gasteiger partial charge on any atom is -0.292 e. The molecule has 0 N–H and O–H groups in total. The number of aryl methyl sites for hydroxylation is 1.